The molecule has 3 saturated heterocycles. The molecule has 0 aliphatic carbocycles. The van der Waals surface area contributed by atoms with Gasteiger partial charge in [0.2, 0.25) is 5.91 Å². The molecule has 0 aromatic carbocycles. The Kier molecular flexibility index (Phi) is 10.2. The van der Waals surface area contributed by atoms with E-state index < -0.39 is 0 Å². The molecule has 3 heterocycles. The van der Waals surface area contributed by atoms with Crippen molar-refractivity contribution in [3.05, 3.63) is 0 Å². The zero-order valence-electron chi connectivity index (χ0n) is 15.3. The molecule has 0 radical (unpaired) electrons. The molecule has 0 spiro atoms. The first-order chi connectivity index (χ1) is 11.7. The summed E-state index contributed by atoms with van der Waals surface area (Å²) in [5.74, 6) is 0.329. The van der Waals surface area contributed by atoms with Gasteiger partial charge in [-0.3, -0.25) is 14.5 Å². The zero-order valence-corrected chi connectivity index (χ0v) is 16.9. The summed E-state index contributed by atoms with van der Waals surface area (Å²) in [6, 6.07) is 0. The molecule has 7 nitrogen and oxygen atoms in total. The molecular formula is C17H32Cl2N4O3. The van der Waals surface area contributed by atoms with Gasteiger partial charge >= 0.3 is 0 Å². The Bertz CT molecular complexity index is 463. The Labute approximate surface area is 168 Å². The molecule has 0 unspecified atom stereocenters. The van der Waals surface area contributed by atoms with Gasteiger partial charge in [0, 0.05) is 45.8 Å². The fraction of sp³-hybridized carbons (Fsp3) is 0.882. The zero-order chi connectivity index (χ0) is 16.9. The monoisotopic (exact) mass is 410 g/mol. The van der Waals surface area contributed by atoms with Crippen molar-refractivity contribution in [1.29, 1.82) is 0 Å². The van der Waals surface area contributed by atoms with Gasteiger partial charge in [0.05, 0.1) is 12.6 Å². The van der Waals surface area contributed by atoms with Crippen molar-refractivity contribution in [2.24, 2.45) is 5.73 Å². The summed E-state index contributed by atoms with van der Waals surface area (Å²) in [5, 5.41) is 0. The molecule has 152 valence electrons. The van der Waals surface area contributed by atoms with E-state index in [1.165, 1.54) is 0 Å². The quantitative estimate of drug-likeness (QED) is 0.729. The average molecular weight is 411 g/mol. The lowest BCUT2D eigenvalue weighted by molar-refractivity contribution is -0.142. The maximum absolute atomic E-state index is 12.6. The second-order valence-electron chi connectivity index (χ2n) is 7.10. The smallest absolute Gasteiger partial charge is 0.251 e. The van der Waals surface area contributed by atoms with Gasteiger partial charge in [-0.2, -0.15) is 0 Å². The van der Waals surface area contributed by atoms with E-state index >= 15 is 0 Å². The molecule has 3 rings (SSSR count). The van der Waals surface area contributed by atoms with Crippen molar-refractivity contribution in [1.82, 2.24) is 14.7 Å². The summed E-state index contributed by atoms with van der Waals surface area (Å²) >= 11 is 0. The van der Waals surface area contributed by atoms with Crippen LogP contribution in [0.25, 0.3) is 0 Å². The third kappa shape index (κ3) is 5.96. The minimum absolute atomic E-state index is 0. The van der Waals surface area contributed by atoms with E-state index in [1.54, 1.807) is 0 Å². The van der Waals surface area contributed by atoms with E-state index in [1.807, 2.05) is 9.80 Å². The number of amides is 2. The number of ether oxygens (including phenoxy) is 1. The number of halogens is 2. The van der Waals surface area contributed by atoms with E-state index in [4.69, 9.17) is 10.5 Å². The van der Waals surface area contributed by atoms with E-state index in [9.17, 15) is 9.59 Å². The van der Waals surface area contributed by atoms with Gasteiger partial charge in [0.25, 0.3) is 5.91 Å². The Morgan fingerprint density at radius 1 is 0.885 bits per heavy atom. The maximum atomic E-state index is 12.6. The third-order valence-electron chi connectivity index (χ3n) is 5.36. The van der Waals surface area contributed by atoms with Crippen LogP contribution in [0.5, 0.6) is 0 Å². The molecule has 9 heteroatoms. The average Bonchev–Trinajstić information content (AvgIpc) is 3.23. The van der Waals surface area contributed by atoms with E-state index in [0.29, 0.717) is 19.6 Å². The van der Waals surface area contributed by atoms with E-state index in [0.717, 1.165) is 64.8 Å². The van der Waals surface area contributed by atoms with Crippen LogP contribution in [0.4, 0.5) is 0 Å². The van der Waals surface area contributed by atoms with Gasteiger partial charge in [-0.1, -0.05) is 0 Å². The van der Waals surface area contributed by atoms with Crippen LogP contribution in [0.2, 0.25) is 0 Å². The predicted octanol–water partition coefficient (Wildman–Crippen LogP) is 0.493. The standard InChI is InChI=1S/C17H30N4O3.2ClH/c18-12-14-4-5-15(24-14)17(23)21-9-3-6-19(10-11-21)13-16(22)20-7-1-2-8-20;;/h14-15H,1-13,18H2;2*1H/t14-,15+;;/m1../s1. The second-order valence-corrected chi connectivity index (χ2v) is 7.10. The van der Waals surface area contributed by atoms with Crippen LogP contribution in [-0.2, 0) is 14.3 Å². The van der Waals surface area contributed by atoms with Crippen LogP contribution in [-0.4, -0.2) is 91.1 Å². The lowest BCUT2D eigenvalue weighted by Crippen LogP contribution is -2.43. The van der Waals surface area contributed by atoms with Crippen molar-refractivity contribution in [3.8, 4) is 0 Å². The summed E-state index contributed by atoms with van der Waals surface area (Å²) < 4.78 is 5.73. The third-order valence-corrected chi connectivity index (χ3v) is 5.36. The minimum Gasteiger partial charge on any atom is -0.364 e. The Morgan fingerprint density at radius 2 is 1.58 bits per heavy atom. The van der Waals surface area contributed by atoms with Crippen LogP contribution < -0.4 is 5.73 Å². The van der Waals surface area contributed by atoms with Gasteiger partial charge in [-0.25, -0.2) is 0 Å². The van der Waals surface area contributed by atoms with Gasteiger partial charge < -0.3 is 20.3 Å². The van der Waals surface area contributed by atoms with Gasteiger partial charge in [0.1, 0.15) is 6.10 Å². The Morgan fingerprint density at radius 3 is 2.23 bits per heavy atom. The molecule has 0 saturated carbocycles. The summed E-state index contributed by atoms with van der Waals surface area (Å²) in [4.78, 5) is 31.0. The molecule has 2 amide bonds. The van der Waals surface area contributed by atoms with Gasteiger partial charge in [-0.15, -0.1) is 24.8 Å². The number of carbonyl (C=O) groups excluding carboxylic acids is 2. The number of likely N-dealkylation sites (tertiary alicyclic amines) is 1. The molecule has 3 aliphatic rings. The van der Waals surface area contributed by atoms with Gasteiger partial charge in [-0.05, 0) is 32.1 Å². The number of carbonyl (C=O) groups is 2. The number of nitrogens with two attached hydrogens (primary N) is 1. The molecule has 0 aromatic heterocycles. The van der Waals surface area contributed by atoms with Crippen LogP contribution >= 0.6 is 24.8 Å². The van der Waals surface area contributed by atoms with Crippen molar-refractivity contribution >= 4 is 36.6 Å². The SMILES string of the molecule is Cl.Cl.NC[C@H]1CC[C@@H](C(=O)N2CCCN(CC(=O)N3CCCC3)CC2)O1. The summed E-state index contributed by atoms with van der Waals surface area (Å²) in [6.45, 7) is 5.84. The molecule has 2 atom stereocenters. The minimum atomic E-state index is -0.323. The molecule has 0 aromatic rings. The molecule has 3 fully saturated rings. The number of rotatable bonds is 4. The van der Waals surface area contributed by atoms with E-state index in [-0.39, 0.29) is 48.8 Å². The van der Waals surface area contributed by atoms with Crippen molar-refractivity contribution in [2.45, 2.75) is 44.3 Å². The lowest BCUT2D eigenvalue weighted by atomic mass is 10.2. The fourth-order valence-corrected chi connectivity index (χ4v) is 3.87. The molecule has 2 N–H and O–H groups in total. The summed E-state index contributed by atoms with van der Waals surface area (Å²) in [6.07, 6.45) is 4.51. The number of nitrogens with zero attached hydrogens (tertiary/aromatic N) is 3. The predicted molar refractivity (Wildman–Crippen MR) is 105 cm³/mol. The van der Waals surface area contributed by atoms with Crippen LogP contribution in [0, 0.1) is 0 Å². The van der Waals surface area contributed by atoms with E-state index in [2.05, 4.69) is 4.90 Å². The van der Waals surface area contributed by atoms with Crippen molar-refractivity contribution < 1.29 is 14.3 Å². The van der Waals surface area contributed by atoms with Crippen molar-refractivity contribution in [3.63, 3.8) is 0 Å². The van der Waals surface area contributed by atoms with Crippen LogP contribution in [0.3, 0.4) is 0 Å². The number of hydrogen-bond acceptors (Lipinski definition) is 5. The van der Waals surface area contributed by atoms with Crippen molar-refractivity contribution in [2.75, 3.05) is 52.4 Å². The fourth-order valence-electron chi connectivity index (χ4n) is 3.87. The first-order valence-corrected chi connectivity index (χ1v) is 9.32. The van der Waals surface area contributed by atoms with Crippen LogP contribution in [0.15, 0.2) is 0 Å². The van der Waals surface area contributed by atoms with Crippen LogP contribution in [0.1, 0.15) is 32.1 Å². The Hall–Kier alpha value is -0.600. The molecule has 26 heavy (non-hydrogen) atoms. The largest absolute Gasteiger partial charge is 0.364 e. The normalized spacial score (nSPS) is 26.8. The first kappa shape index (κ1) is 23.4. The Balaban J connectivity index is 0.00000169. The number of hydrogen-bond donors (Lipinski definition) is 1. The maximum Gasteiger partial charge on any atom is 0.251 e. The highest BCUT2D eigenvalue weighted by Gasteiger charge is 2.33. The summed E-state index contributed by atoms with van der Waals surface area (Å²) in [5.41, 5.74) is 5.62. The molecule has 0 bridgehead atoms. The topological polar surface area (TPSA) is 79.1 Å². The lowest BCUT2D eigenvalue weighted by Gasteiger charge is -2.25. The highest BCUT2D eigenvalue weighted by molar-refractivity contribution is 5.85. The molecular weight excluding hydrogens is 379 g/mol. The highest BCUT2D eigenvalue weighted by Crippen LogP contribution is 2.21. The second kappa shape index (κ2) is 11.3. The highest BCUT2D eigenvalue weighted by atomic mass is 35.5. The molecule has 3 aliphatic heterocycles. The first-order valence-electron chi connectivity index (χ1n) is 9.32. The summed E-state index contributed by atoms with van der Waals surface area (Å²) in [7, 11) is 0. The van der Waals surface area contributed by atoms with Gasteiger partial charge in [0.15, 0.2) is 0 Å².